The van der Waals surface area contributed by atoms with Crippen LogP contribution in [0.25, 0.3) is 5.13 Å². The fraction of sp³-hybridized carbons (Fsp3) is 0.263. The lowest BCUT2D eigenvalue weighted by molar-refractivity contribution is 0.0920. The Labute approximate surface area is 145 Å². The molecule has 4 nitrogen and oxygen atoms in total. The highest BCUT2D eigenvalue weighted by atomic mass is 32.1. The minimum Gasteiger partial charge on any atom is -0.485 e. The van der Waals surface area contributed by atoms with Crippen LogP contribution >= 0.6 is 11.3 Å². The highest BCUT2D eigenvalue weighted by molar-refractivity contribution is 7.12. The largest absolute Gasteiger partial charge is 0.485 e. The summed E-state index contributed by atoms with van der Waals surface area (Å²) in [5.74, 6) is 0.740. The van der Waals surface area contributed by atoms with Gasteiger partial charge in [0.2, 0.25) is 5.78 Å². The van der Waals surface area contributed by atoms with Gasteiger partial charge in [0, 0.05) is 28.5 Å². The molecule has 0 saturated carbocycles. The van der Waals surface area contributed by atoms with Crippen molar-refractivity contribution in [3.8, 4) is 10.9 Å². The molecule has 0 aliphatic carbocycles. The van der Waals surface area contributed by atoms with Gasteiger partial charge in [0.1, 0.15) is 5.75 Å². The minimum atomic E-state index is -0.0215. The Hall–Kier alpha value is -2.40. The monoisotopic (exact) mass is 340 g/mol. The van der Waals surface area contributed by atoms with Crippen molar-refractivity contribution in [1.29, 1.82) is 0 Å². The number of aryl methyl sites for hydroxylation is 3. The third-order valence-electron chi connectivity index (χ3n) is 4.04. The fourth-order valence-electron chi connectivity index (χ4n) is 2.75. The maximum Gasteiger partial charge on any atom is 0.202 e. The summed E-state index contributed by atoms with van der Waals surface area (Å²) in [5, 5.41) is 2.80. The average Bonchev–Trinajstić information content (AvgIpc) is 3.16. The van der Waals surface area contributed by atoms with E-state index >= 15 is 0 Å². The van der Waals surface area contributed by atoms with Gasteiger partial charge in [-0.3, -0.25) is 9.36 Å². The lowest BCUT2D eigenvalue weighted by Crippen LogP contribution is -2.13. The first kappa shape index (κ1) is 16.5. The van der Waals surface area contributed by atoms with E-state index in [1.165, 1.54) is 0 Å². The van der Waals surface area contributed by atoms with E-state index in [4.69, 9.17) is 4.74 Å². The Morgan fingerprint density at radius 1 is 1.21 bits per heavy atom. The Morgan fingerprint density at radius 3 is 2.71 bits per heavy atom. The SMILES string of the molecule is Cc1ccc(C)c(OCC(=O)c2cc(C)n(-c3nccs3)c2C)c1. The summed E-state index contributed by atoms with van der Waals surface area (Å²) in [6.07, 6.45) is 1.77. The molecule has 24 heavy (non-hydrogen) atoms. The molecule has 0 spiro atoms. The number of Topliss-reactive ketones (excluding diaryl/α,β-unsaturated/α-hetero) is 1. The van der Waals surface area contributed by atoms with Crippen molar-refractivity contribution in [2.45, 2.75) is 27.7 Å². The number of nitrogens with zero attached hydrogens (tertiary/aromatic N) is 2. The van der Waals surface area contributed by atoms with Crippen LogP contribution in [0, 0.1) is 27.7 Å². The molecule has 3 rings (SSSR count). The van der Waals surface area contributed by atoms with Crippen molar-refractivity contribution in [3.63, 3.8) is 0 Å². The number of ketones is 1. The second-order valence-electron chi connectivity index (χ2n) is 5.92. The number of ether oxygens (including phenoxy) is 1. The molecule has 2 heterocycles. The molecule has 0 aliphatic rings. The average molecular weight is 340 g/mol. The Balaban J connectivity index is 1.81. The van der Waals surface area contributed by atoms with Crippen molar-refractivity contribution >= 4 is 17.1 Å². The molecule has 2 aromatic heterocycles. The maximum atomic E-state index is 12.6. The summed E-state index contributed by atoms with van der Waals surface area (Å²) < 4.78 is 7.77. The van der Waals surface area contributed by atoms with E-state index in [1.807, 2.05) is 61.9 Å². The van der Waals surface area contributed by atoms with Crippen LogP contribution < -0.4 is 4.74 Å². The Morgan fingerprint density at radius 2 is 2.00 bits per heavy atom. The zero-order valence-electron chi connectivity index (χ0n) is 14.3. The van der Waals surface area contributed by atoms with E-state index in [2.05, 4.69) is 4.98 Å². The van der Waals surface area contributed by atoms with E-state index in [1.54, 1.807) is 17.5 Å². The van der Waals surface area contributed by atoms with Crippen LogP contribution in [0.3, 0.4) is 0 Å². The van der Waals surface area contributed by atoms with Crippen LogP contribution in [0.2, 0.25) is 0 Å². The number of carbonyl (C=O) groups is 1. The Bertz CT molecular complexity index is 879. The van der Waals surface area contributed by atoms with Gasteiger partial charge in [0.25, 0.3) is 0 Å². The minimum absolute atomic E-state index is 0.0215. The number of aromatic nitrogens is 2. The van der Waals surface area contributed by atoms with Crippen LogP contribution in [0.1, 0.15) is 32.9 Å². The van der Waals surface area contributed by atoms with E-state index in [9.17, 15) is 4.79 Å². The van der Waals surface area contributed by atoms with Gasteiger partial charge in [0.05, 0.1) is 0 Å². The second kappa shape index (κ2) is 6.61. The summed E-state index contributed by atoms with van der Waals surface area (Å²) >= 11 is 1.55. The quantitative estimate of drug-likeness (QED) is 0.645. The molecule has 0 aliphatic heterocycles. The van der Waals surface area contributed by atoms with Crippen molar-refractivity contribution in [1.82, 2.24) is 9.55 Å². The van der Waals surface area contributed by atoms with Gasteiger partial charge in [-0.15, -0.1) is 11.3 Å². The van der Waals surface area contributed by atoms with E-state index in [0.29, 0.717) is 5.56 Å². The third kappa shape index (κ3) is 3.12. The van der Waals surface area contributed by atoms with Gasteiger partial charge in [-0.2, -0.15) is 0 Å². The van der Waals surface area contributed by atoms with Gasteiger partial charge in [-0.1, -0.05) is 12.1 Å². The topological polar surface area (TPSA) is 44.1 Å². The van der Waals surface area contributed by atoms with Gasteiger partial charge in [-0.05, 0) is 51.0 Å². The third-order valence-corrected chi connectivity index (χ3v) is 4.80. The predicted octanol–water partition coefficient (Wildman–Crippen LogP) is 4.43. The first-order valence-corrected chi connectivity index (χ1v) is 8.67. The number of thiazole rings is 1. The number of benzene rings is 1. The molecule has 0 saturated heterocycles. The first-order chi connectivity index (χ1) is 11.5. The van der Waals surface area contributed by atoms with Crippen LogP contribution in [0.5, 0.6) is 5.75 Å². The van der Waals surface area contributed by atoms with Gasteiger partial charge >= 0.3 is 0 Å². The number of carbonyl (C=O) groups excluding carboxylic acids is 1. The van der Waals surface area contributed by atoms with Gasteiger partial charge in [-0.25, -0.2) is 4.98 Å². The van der Waals surface area contributed by atoms with E-state index in [-0.39, 0.29) is 12.4 Å². The first-order valence-electron chi connectivity index (χ1n) is 7.79. The molecule has 1 aromatic carbocycles. The van der Waals surface area contributed by atoms with Crippen LogP contribution in [0.15, 0.2) is 35.8 Å². The lowest BCUT2D eigenvalue weighted by Gasteiger charge is -2.09. The molecule has 0 atom stereocenters. The number of hydrogen-bond acceptors (Lipinski definition) is 4. The fourth-order valence-corrected chi connectivity index (χ4v) is 3.50. The number of rotatable bonds is 5. The lowest BCUT2D eigenvalue weighted by atomic mass is 10.1. The smallest absolute Gasteiger partial charge is 0.202 e. The molecule has 0 bridgehead atoms. The van der Waals surface area contributed by atoms with E-state index < -0.39 is 0 Å². The van der Waals surface area contributed by atoms with Crippen molar-refractivity contribution in [2.75, 3.05) is 6.61 Å². The van der Waals surface area contributed by atoms with Crippen LogP contribution in [-0.2, 0) is 0 Å². The summed E-state index contributed by atoms with van der Waals surface area (Å²) in [6.45, 7) is 7.95. The van der Waals surface area contributed by atoms with E-state index in [0.717, 1.165) is 33.4 Å². The summed E-state index contributed by atoms with van der Waals surface area (Å²) in [5.41, 5.74) is 4.73. The number of hydrogen-bond donors (Lipinski definition) is 0. The second-order valence-corrected chi connectivity index (χ2v) is 6.79. The van der Waals surface area contributed by atoms with Gasteiger partial charge in [0.15, 0.2) is 11.7 Å². The summed E-state index contributed by atoms with van der Waals surface area (Å²) in [6, 6.07) is 7.90. The normalized spacial score (nSPS) is 10.8. The summed E-state index contributed by atoms with van der Waals surface area (Å²) in [7, 11) is 0. The highest BCUT2D eigenvalue weighted by Crippen LogP contribution is 2.24. The maximum absolute atomic E-state index is 12.6. The molecule has 0 amide bonds. The van der Waals surface area contributed by atoms with Crippen LogP contribution in [-0.4, -0.2) is 21.9 Å². The molecule has 124 valence electrons. The van der Waals surface area contributed by atoms with Gasteiger partial charge < -0.3 is 4.74 Å². The standard InChI is InChI=1S/C19H20N2O2S/c1-12-5-6-13(2)18(9-12)23-11-17(22)16-10-14(3)21(15(16)4)19-20-7-8-24-19/h5-10H,11H2,1-4H3. The molecular formula is C19H20N2O2S. The molecule has 0 unspecified atom stereocenters. The zero-order chi connectivity index (χ0) is 17.3. The molecular weight excluding hydrogens is 320 g/mol. The highest BCUT2D eigenvalue weighted by Gasteiger charge is 2.18. The molecule has 3 aromatic rings. The summed E-state index contributed by atoms with van der Waals surface area (Å²) in [4.78, 5) is 16.9. The van der Waals surface area contributed by atoms with Crippen molar-refractivity contribution in [2.24, 2.45) is 0 Å². The van der Waals surface area contributed by atoms with Crippen molar-refractivity contribution < 1.29 is 9.53 Å². The molecule has 0 N–H and O–H groups in total. The van der Waals surface area contributed by atoms with Crippen molar-refractivity contribution in [3.05, 3.63) is 63.9 Å². The molecule has 0 radical (unpaired) electrons. The zero-order valence-corrected chi connectivity index (χ0v) is 15.1. The van der Waals surface area contributed by atoms with Crippen LogP contribution in [0.4, 0.5) is 0 Å². The molecule has 0 fully saturated rings. The predicted molar refractivity (Wildman–Crippen MR) is 96.7 cm³/mol. The Kier molecular flexibility index (Phi) is 4.53. The molecule has 5 heteroatoms.